The third-order valence-electron chi connectivity index (χ3n) is 4.07. The van der Waals surface area contributed by atoms with Crippen LogP contribution in [0.3, 0.4) is 0 Å². The van der Waals surface area contributed by atoms with Gasteiger partial charge in [0.15, 0.2) is 0 Å². The lowest BCUT2D eigenvalue weighted by Gasteiger charge is -2.07. The van der Waals surface area contributed by atoms with Gasteiger partial charge in [0.2, 0.25) is 0 Å². The van der Waals surface area contributed by atoms with Crippen LogP contribution in [0.2, 0.25) is 5.02 Å². The van der Waals surface area contributed by atoms with Crippen molar-refractivity contribution in [3.8, 4) is 11.4 Å². The number of benzene rings is 3. The van der Waals surface area contributed by atoms with Gasteiger partial charge in [-0.3, -0.25) is 4.79 Å². The first-order valence-corrected chi connectivity index (χ1v) is 8.39. The van der Waals surface area contributed by atoms with Crippen molar-refractivity contribution in [2.24, 2.45) is 0 Å². The molecule has 0 radical (unpaired) electrons. The van der Waals surface area contributed by atoms with Gasteiger partial charge in [0.25, 0.3) is 5.91 Å². The highest BCUT2D eigenvalue weighted by Crippen LogP contribution is 2.23. The molecule has 1 heterocycles. The van der Waals surface area contributed by atoms with E-state index in [1.807, 2.05) is 48.5 Å². The number of hydrogen-bond acceptors (Lipinski definition) is 3. The molecule has 4 aromatic rings. The van der Waals surface area contributed by atoms with Crippen LogP contribution in [-0.4, -0.2) is 15.9 Å². The summed E-state index contributed by atoms with van der Waals surface area (Å²) in [6, 6.07) is 20.1. The van der Waals surface area contributed by atoms with E-state index in [-0.39, 0.29) is 5.91 Å². The zero-order chi connectivity index (χ0) is 18.1. The Labute approximate surface area is 154 Å². The molecule has 0 saturated carbocycles. The molecule has 4 N–H and O–H groups in total. The third kappa shape index (κ3) is 3.12. The Balaban J connectivity index is 1.53. The van der Waals surface area contributed by atoms with Crippen molar-refractivity contribution in [1.82, 2.24) is 9.97 Å². The molecule has 128 valence electrons. The number of fused-ring (bicyclic) bond motifs is 1. The van der Waals surface area contributed by atoms with Crippen molar-refractivity contribution in [2.75, 3.05) is 11.1 Å². The van der Waals surface area contributed by atoms with Crippen LogP contribution in [0, 0.1) is 0 Å². The largest absolute Gasteiger partial charge is 0.398 e. The number of halogens is 1. The molecule has 4 rings (SSSR count). The predicted octanol–water partition coefficient (Wildman–Crippen LogP) is 4.72. The van der Waals surface area contributed by atoms with E-state index in [9.17, 15) is 4.79 Å². The molecule has 0 atom stereocenters. The van der Waals surface area contributed by atoms with Crippen LogP contribution in [0.15, 0.2) is 66.7 Å². The number of hydrogen-bond donors (Lipinski definition) is 3. The number of anilines is 2. The van der Waals surface area contributed by atoms with Crippen molar-refractivity contribution < 1.29 is 4.79 Å². The molecule has 0 aliphatic carbocycles. The Morgan fingerprint density at radius 3 is 2.54 bits per heavy atom. The Morgan fingerprint density at radius 2 is 1.81 bits per heavy atom. The van der Waals surface area contributed by atoms with E-state index in [0.29, 0.717) is 22.0 Å². The molecule has 3 aromatic carbocycles. The molecule has 0 fully saturated rings. The van der Waals surface area contributed by atoms with E-state index in [4.69, 9.17) is 17.3 Å². The number of aromatic nitrogens is 2. The minimum Gasteiger partial charge on any atom is -0.398 e. The Kier molecular flexibility index (Phi) is 4.07. The van der Waals surface area contributed by atoms with E-state index < -0.39 is 0 Å². The smallest absolute Gasteiger partial charge is 0.255 e. The number of nitrogens with one attached hydrogen (secondary N) is 2. The molecule has 1 amide bonds. The van der Waals surface area contributed by atoms with E-state index in [2.05, 4.69) is 15.3 Å². The third-order valence-corrected chi connectivity index (χ3v) is 4.40. The molecule has 5 nitrogen and oxygen atoms in total. The molecule has 0 unspecified atom stereocenters. The lowest BCUT2D eigenvalue weighted by molar-refractivity contribution is 0.102. The summed E-state index contributed by atoms with van der Waals surface area (Å²) in [7, 11) is 0. The molecule has 26 heavy (non-hydrogen) atoms. The average molecular weight is 363 g/mol. The summed E-state index contributed by atoms with van der Waals surface area (Å²) < 4.78 is 0. The van der Waals surface area contributed by atoms with Gasteiger partial charge < -0.3 is 16.0 Å². The number of nitrogens with zero attached hydrogens (tertiary/aromatic N) is 1. The quantitative estimate of drug-likeness (QED) is 0.461. The summed E-state index contributed by atoms with van der Waals surface area (Å²) in [4.78, 5) is 20.2. The van der Waals surface area contributed by atoms with E-state index in [1.54, 1.807) is 18.2 Å². The van der Waals surface area contributed by atoms with Crippen LogP contribution in [0.25, 0.3) is 22.4 Å². The lowest BCUT2D eigenvalue weighted by atomic mass is 10.1. The molecule has 1 aromatic heterocycles. The van der Waals surface area contributed by atoms with Gasteiger partial charge >= 0.3 is 0 Å². The number of carbonyl (C=O) groups is 1. The van der Waals surface area contributed by atoms with Crippen molar-refractivity contribution in [3.63, 3.8) is 0 Å². The van der Waals surface area contributed by atoms with Gasteiger partial charge in [-0.15, -0.1) is 0 Å². The first kappa shape index (κ1) is 16.2. The highest BCUT2D eigenvalue weighted by molar-refractivity contribution is 6.33. The van der Waals surface area contributed by atoms with Gasteiger partial charge in [-0.2, -0.15) is 0 Å². The fourth-order valence-corrected chi connectivity index (χ4v) is 2.85. The summed E-state index contributed by atoms with van der Waals surface area (Å²) in [5.41, 5.74) is 10.1. The highest BCUT2D eigenvalue weighted by Gasteiger charge is 2.09. The lowest BCUT2D eigenvalue weighted by Crippen LogP contribution is -2.11. The van der Waals surface area contributed by atoms with Gasteiger partial charge in [0, 0.05) is 16.8 Å². The van der Waals surface area contributed by atoms with Crippen LogP contribution in [0.4, 0.5) is 11.4 Å². The van der Waals surface area contributed by atoms with Crippen LogP contribution in [0.5, 0.6) is 0 Å². The van der Waals surface area contributed by atoms with Crippen LogP contribution < -0.4 is 11.1 Å². The summed E-state index contributed by atoms with van der Waals surface area (Å²) in [5, 5.41) is 3.20. The minimum atomic E-state index is -0.247. The summed E-state index contributed by atoms with van der Waals surface area (Å²) in [6.07, 6.45) is 0. The Morgan fingerprint density at radius 1 is 1.04 bits per heavy atom. The normalized spacial score (nSPS) is 10.8. The Bertz CT molecular complexity index is 1070. The number of amides is 1. The maximum atomic E-state index is 12.3. The highest BCUT2D eigenvalue weighted by atomic mass is 35.5. The van der Waals surface area contributed by atoms with Gasteiger partial charge in [-0.25, -0.2) is 4.98 Å². The Hall–Kier alpha value is -3.31. The number of rotatable bonds is 3. The van der Waals surface area contributed by atoms with Crippen LogP contribution >= 0.6 is 11.6 Å². The topological polar surface area (TPSA) is 83.8 Å². The van der Waals surface area contributed by atoms with Gasteiger partial charge in [-0.1, -0.05) is 23.7 Å². The second kappa shape index (κ2) is 6.54. The van der Waals surface area contributed by atoms with Gasteiger partial charge in [0.1, 0.15) is 5.82 Å². The summed E-state index contributed by atoms with van der Waals surface area (Å²) in [6.45, 7) is 0. The van der Waals surface area contributed by atoms with Gasteiger partial charge in [0.05, 0.1) is 21.7 Å². The zero-order valence-corrected chi connectivity index (χ0v) is 14.4. The predicted molar refractivity (Wildman–Crippen MR) is 105 cm³/mol. The number of nitrogen functional groups attached to an aromatic ring is 1. The van der Waals surface area contributed by atoms with Crippen molar-refractivity contribution in [2.45, 2.75) is 0 Å². The fraction of sp³-hybridized carbons (Fsp3) is 0. The second-order valence-corrected chi connectivity index (χ2v) is 6.28. The molecule has 0 spiro atoms. The van der Waals surface area contributed by atoms with Crippen LogP contribution in [-0.2, 0) is 0 Å². The number of carbonyl (C=O) groups excluding carboxylic acids is 1. The number of nitrogens with two attached hydrogens (primary N) is 1. The van der Waals surface area contributed by atoms with E-state index in [1.165, 1.54) is 0 Å². The van der Waals surface area contributed by atoms with E-state index >= 15 is 0 Å². The second-order valence-electron chi connectivity index (χ2n) is 5.87. The monoisotopic (exact) mass is 362 g/mol. The minimum absolute atomic E-state index is 0.247. The van der Waals surface area contributed by atoms with Crippen molar-refractivity contribution >= 4 is 39.9 Å². The van der Waals surface area contributed by atoms with Crippen molar-refractivity contribution in [3.05, 3.63) is 77.3 Å². The first-order chi connectivity index (χ1) is 12.6. The van der Waals surface area contributed by atoms with Gasteiger partial charge in [-0.05, 0) is 54.6 Å². The number of H-pyrrole nitrogens is 1. The fourth-order valence-electron chi connectivity index (χ4n) is 2.67. The van der Waals surface area contributed by atoms with Crippen LogP contribution in [0.1, 0.15) is 10.4 Å². The number of para-hydroxylation sites is 2. The maximum absolute atomic E-state index is 12.3. The molecule has 0 aliphatic rings. The van der Waals surface area contributed by atoms with E-state index in [0.717, 1.165) is 22.4 Å². The molecule has 6 heteroatoms. The zero-order valence-electron chi connectivity index (χ0n) is 13.7. The SMILES string of the molecule is Nc1ccc(C(=O)Nc2ccc(-c3nc4ccccc4[nH]3)cc2)cc1Cl. The average Bonchev–Trinajstić information content (AvgIpc) is 3.08. The van der Waals surface area contributed by atoms with Crippen molar-refractivity contribution in [1.29, 1.82) is 0 Å². The molecule has 0 saturated heterocycles. The standard InChI is InChI=1S/C20H15ClN4O/c21-15-11-13(7-10-16(15)22)20(26)23-14-8-5-12(6-9-14)19-24-17-3-1-2-4-18(17)25-19/h1-11H,22H2,(H,23,26)(H,24,25). The summed E-state index contributed by atoms with van der Waals surface area (Å²) in [5.74, 6) is 0.540. The molecular formula is C20H15ClN4O. The molecule has 0 aliphatic heterocycles. The maximum Gasteiger partial charge on any atom is 0.255 e. The first-order valence-electron chi connectivity index (χ1n) is 8.02. The molecule has 0 bridgehead atoms. The number of imidazole rings is 1. The summed E-state index contributed by atoms with van der Waals surface area (Å²) >= 11 is 5.97. The number of aromatic amines is 1. The molecular weight excluding hydrogens is 348 g/mol.